The summed E-state index contributed by atoms with van der Waals surface area (Å²) < 4.78 is 48.0. The Labute approximate surface area is 468 Å². The van der Waals surface area contributed by atoms with Crippen molar-refractivity contribution >= 4 is 16.3 Å². The van der Waals surface area contributed by atoms with Crippen molar-refractivity contribution in [2.75, 3.05) is 13.2 Å². The number of carbonyl (C=O) groups excluding carboxylic acids is 1. The van der Waals surface area contributed by atoms with Gasteiger partial charge in [0, 0.05) is 6.42 Å². The summed E-state index contributed by atoms with van der Waals surface area (Å²) in [5.41, 5.74) is 0. The number of unbranched alkanes of at least 4 members (excludes halogenated alkanes) is 44. The second-order valence-corrected chi connectivity index (χ2v) is 24.1. The van der Waals surface area contributed by atoms with Gasteiger partial charge in [0.25, 0.3) is 0 Å². The number of amides is 1. The number of hydrogen-bond acceptors (Lipinski definition) is 10. The van der Waals surface area contributed by atoms with E-state index in [0.717, 1.165) is 51.4 Å². The van der Waals surface area contributed by atoms with E-state index in [9.17, 15) is 38.2 Å². The first-order valence-electron chi connectivity index (χ1n) is 32.6. The first kappa shape index (κ1) is 72.9. The number of aliphatic hydroxyl groups excluding tert-OH is 4. The van der Waals surface area contributed by atoms with Gasteiger partial charge in [-0.15, -0.1) is 0 Å². The highest BCUT2D eigenvalue weighted by molar-refractivity contribution is 7.80. The summed E-state index contributed by atoms with van der Waals surface area (Å²) in [6.07, 6.45) is 56.6. The molecule has 1 amide bonds. The fourth-order valence-corrected chi connectivity index (χ4v) is 11.3. The molecule has 1 saturated heterocycles. The molecule has 0 radical (unpaired) electrons. The lowest BCUT2D eigenvalue weighted by Crippen LogP contribution is -2.61. The van der Waals surface area contributed by atoms with Gasteiger partial charge in [-0.3, -0.25) is 9.35 Å². The molecule has 12 nitrogen and oxygen atoms in total. The molecule has 7 unspecified atom stereocenters. The van der Waals surface area contributed by atoms with Crippen molar-refractivity contribution in [3.8, 4) is 0 Å². The van der Waals surface area contributed by atoms with Crippen LogP contribution in [0.15, 0.2) is 12.2 Å². The van der Waals surface area contributed by atoms with Crippen LogP contribution in [0.3, 0.4) is 0 Å². The number of ether oxygens (including phenoxy) is 2. The van der Waals surface area contributed by atoms with Crippen LogP contribution in [-0.2, 0) is 28.9 Å². The molecule has 0 aromatic rings. The highest BCUT2D eigenvalue weighted by Gasteiger charge is 2.48. The Kier molecular flexibility index (Phi) is 51.0. The molecular weight excluding hydrogens is 979 g/mol. The fourth-order valence-electron chi connectivity index (χ4n) is 10.8. The molecule has 1 aliphatic rings. The van der Waals surface area contributed by atoms with Gasteiger partial charge in [0.2, 0.25) is 5.91 Å². The van der Waals surface area contributed by atoms with Gasteiger partial charge in [-0.05, 0) is 38.5 Å². The van der Waals surface area contributed by atoms with Crippen molar-refractivity contribution < 1.29 is 51.8 Å². The minimum absolute atomic E-state index is 0.223. The Hall–Kier alpha value is -1.16. The summed E-state index contributed by atoms with van der Waals surface area (Å²) in [5, 5.41) is 45.3. The highest BCUT2D eigenvalue weighted by Crippen LogP contribution is 2.26. The molecule has 0 aromatic heterocycles. The highest BCUT2D eigenvalue weighted by atomic mass is 32.3. The van der Waals surface area contributed by atoms with E-state index in [1.165, 1.54) is 250 Å². The summed E-state index contributed by atoms with van der Waals surface area (Å²) >= 11 is 0. The van der Waals surface area contributed by atoms with E-state index >= 15 is 0 Å². The molecule has 1 heterocycles. The molecule has 1 rings (SSSR count). The second kappa shape index (κ2) is 53.2. The van der Waals surface area contributed by atoms with Crippen LogP contribution in [0.25, 0.3) is 0 Å². The van der Waals surface area contributed by atoms with Crippen molar-refractivity contribution in [3.05, 3.63) is 12.2 Å². The van der Waals surface area contributed by atoms with Gasteiger partial charge in [0.1, 0.15) is 24.4 Å². The van der Waals surface area contributed by atoms with Crippen LogP contribution in [0, 0.1) is 0 Å². The minimum atomic E-state index is -5.08. The molecule has 7 atom stereocenters. The molecule has 6 N–H and O–H groups in total. The molecule has 0 bridgehead atoms. The van der Waals surface area contributed by atoms with Crippen LogP contribution >= 0.6 is 0 Å². The van der Waals surface area contributed by atoms with Crippen molar-refractivity contribution in [1.82, 2.24) is 5.32 Å². The number of nitrogens with one attached hydrogen (secondary N) is 1. The Morgan fingerprint density at radius 1 is 0.513 bits per heavy atom. The molecule has 1 fully saturated rings. The van der Waals surface area contributed by atoms with Crippen LogP contribution < -0.4 is 5.32 Å². The smallest absolute Gasteiger partial charge is 0.394 e. The predicted octanol–water partition coefficient (Wildman–Crippen LogP) is 16.2. The topological polar surface area (TPSA) is 192 Å². The van der Waals surface area contributed by atoms with E-state index in [0.29, 0.717) is 12.8 Å². The first-order valence-corrected chi connectivity index (χ1v) is 33.9. The normalized spacial score (nSPS) is 19.0. The maximum absolute atomic E-state index is 13.2. The van der Waals surface area contributed by atoms with Gasteiger partial charge in [0.05, 0.1) is 25.4 Å². The molecule has 452 valence electrons. The fraction of sp³-hybridized carbons (Fsp3) is 0.952. The third kappa shape index (κ3) is 44.6. The SMILES string of the molecule is CCCCCCCCCCCCCC/C=C\CCCCCCCCCCCCCCC(=O)NC(COC1OC(CO)C(O)C(OS(=O)(=O)O)C1O)C(O)CCCCCCCCCCCCCCCCCCCCCCC. The first-order chi connectivity index (χ1) is 37.0. The van der Waals surface area contributed by atoms with Gasteiger partial charge in [-0.25, -0.2) is 4.18 Å². The average molecular weight is 1100 g/mol. The van der Waals surface area contributed by atoms with Gasteiger partial charge in [-0.1, -0.05) is 296 Å². The number of hydrogen-bond donors (Lipinski definition) is 6. The largest absolute Gasteiger partial charge is 0.397 e. The zero-order chi connectivity index (χ0) is 55.4. The average Bonchev–Trinajstić information content (AvgIpc) is 3.40. The summed E-state index contributed by atoms with van der Waals surface area (Å²) in [7, 11) is -5.08. The molecule has 0 aliphatic carbocycles. The summed E-state index contributed by atoms with van der Waals surface area (Å²) in [6.45, 7) is 3.51. The lowest BCUT2D eigenvalue weighted by Gasteiger charge is -2.41. The van der Waals surface area contributed by atoms with E-state index in [4.69, 9.17) is 9.47 Å². The Morgan fingerprint density at radius 2 is 0.842 bits per heavy atom. The van der Waals surface area contributed by atoms with Crippen molar-refractivity contribution in [1.29, 1.82) is 0 Å². The molecule has 0 spiro atoms. The van der Waals surface area contributed by atoms with Crippen molar-refractivity contribution in [2.24, 2.45) is 0 Å². The van der Waals surface area contributed by atoms with E-state index < -0.39 is 59.9 Å². The Bertz CT molecular complexity index is 1390. The van der Waals surface area contributed by atoms with Crippen LogP contribution in [0.2, 0.25) is 0 Å². The standard InChI is InChI=1S/C63H123NO11S/c1-3-5-7-9-11-13-15-17-19-21-23-25-26-27-28-29-30-31-33-35-37-39-41-43-45-47-49-51-53-59(67)64-56(55-73-63-61(69)62(75-76(70,71)72)60(68)58(54-65)74-63)57(66)52-50-48-46-44-42-40-38-36-34-32-24-22-20-18-16-14-12-10-8-6-4-2/h27-28,56-58,60-63,65-66,68-69H,3-26,29-55H2,1-2H3,(H,64,67)(H,70,71,72)/b28-27-. The number of rotatable bonds is 58. The monoisotopic (exact) mass is 1100 g/mol. The second-order valence-electron chi connectivity index (χ2n) is 23.1. The Balaban J connectivity index is 2.27. The lowest BCUT2D eigenvalue weighted by molar-refractivity contribution is -0.298. The lowest BCUT2D eigenvalue weighted by atomic mass is 9.99. The number of carbonyl (C=O) groups is 1. The molecule has 0 aromatic carbocycles. The van der Waals surface area contributed by atoms with E-state index in [1.807, 2.05) is 0 Å². The molecule has 13 heteroatoms. The van der Waals surface area contributed by atoms with E-state index in [1.54, 1.807) is 0 Å². The molecule has 1 aliphatic heterocycles. The third-order valence-electron chi connectivity index (χ3n) is 15.8. The Morgan fingerprint density at radius 3 is 1.18 bits per heavy atom. The number of aliphatic hydroxyl groups is 4. The quantitative estimate of drug-likeness (QED) is 0.0193. The zero-order valence-corrected chi connectivity index (χ0v) is 50.2. The van der Waals surface area contributed by atoms with Crippen molar-refractivity contribution in [2.45, 2.75) is 371 Å². The van der Waals surface area contributed by atoms with Crippen molar-refractivity contribution in [3.63, 3.8) is 0 Å². The molecule has 76 heavy (non-hydrogen) atoms. The number of allylic oxidation sites excluding steroid dienone is 2. The maximum Gasteiger partial charge on any atom is 0.397 e. The summed E-state index contributed by atoms with van der Waals surface area (Å²) in [6, 6.07) is -0.857. The summed E-state index contributed by atoms with van der Waals surface area (Å²) in [5.74, 6) is -0.223. The zero-order valence-electron chi connectivity index (χ0n) is 49.4. The van der Waals surface area contributed by atoms with Gasteiger partial charge >= 0.3 is 10.4 Å². The predicted molar refractivity (Wildman–Crippen MR) is 315 cm³/mol. The van der Waals surface area contributed by atoms with Crippen LogP contribution in [0.5, 0.6) is 0 Å². The van der Waals surface area contributed by atoms with Crippen LogP contribution in [0.4, 0.5) is 0 Å². The maximum atomic E-state index is 13.2. The summed E-state index contributed by atoms with van der Waals surface area (Å²) in [4.78, 5) is 13.2. The molecule has 0 saturated carbocycles. The van der Waals surface area contributed by atoms with Gasteiger partial charge < -0.3 is 35.2 Å². The van der Waals surface area contributed by atoms with E-state index in [-0.39, 0.29) is 12.5 Å². The molecular formula is C63H123NO11S. The van der Waals surface area contributed by atoms with E-state index in [2.05, 4.69) is 35.5 Å². The van der Waals surface area contributed by atoms with Crippen LogP contribution in [-0.4, -0.2) is 95.4 Å². The third-order valence-corrected chi connectivity index (χ3v) is 16.3. The van der Waals surface area contributed by atoms with Gasteiger partial charge in [-0.2, -0.15) is 8.42 Å². The van der Waals surface area contributed by atoms with Crippen LogP contribution in [0.1, 0.15) is 328 Å². The van der Waals surface area contributed by atoms with Gasteiger partial charge in [0.15, 0.2) is 6.29 Å². The minimum Gasteiger partial charge on any atom is -0.394 e.